The molecule has 0 spiro atoms. The number of rotatable bonds is 9. The molecule has 44 heavy (non-hydrogen) atoms. The number of hydrogen-bond acceptors (Lipinski definition) is 7. The maximum atomic E-state index is 15.6. The monoisotopic (exact) mass is 589 g/mol. The van der Waals surface area contributed by atoms with Crippen molar-refractivity contribution in [1.29, 1.82) is 10.5 Å². The van der Waals surface area contributed by atoms with E-state index in [1.807, 2.05) is 10.6 Å². The Hall–Kier alpha value is -5.61. The number of benzene rings is 3. The van der Waals surface area contributed by atoms with Gasteiger partial charge in [-0.3, -0.25) is 0 Å². The second kappa shape index (κ2) is 11.6. The fourth-order valence-electron chi connectivity index (χ4n) is 5.35. The second-order valence-electron chi connectivity index (χ2n) is 10.7. The van der Waals surface area contributed by atoms with Crippen molar-refractivity contribution in [3.8, 4) is 29.3 Å². The summed E-state index contributed by atoms with van der Waals surface area (Å²) in [5.41, 5.74) is 3.19. The number of fused-ring (bicyclic) bond motifs is 1. The number of methoxy groups -OCH3 is 1. The maximum absolute atomic E-state index is 15.6. The van der Waals surface area contributed by atoms with Gasteiger partial charge in [0.2, 0.25) is 5.88 Å². The lowest BCUT2D eigenvalue weighted by atomic mass is 10.0. The first-order valence-corrected chi connectivity index (χ1v) is 13.9. The zero-order valence-electron chi connectivity index (χ0n) is 23.7. The molecule has 1 saturated carbocycles. The quantitative estimate of drug-likeness (QED) is 0.178. The van der Waals surface area contributed by atoms with Gasteiger partial charge >= 0.3 is 5.97 Å². The van der Waals surface area contributed by atoms with Gasteiger partial charge in [0, 0.05) is 23.6 Å². The first-order chi connectivity index (χ1) is 21.3. The zero-order chi connectivity index (χ0) is 30.8. The number of nitrogens with zero attached hydrogens (tertiary/aromatic N) is 5. The van der Waals surface area contributed by atoms with E-state index < -0.39 is 23.1 Å². The topological polar surface area (TPSA) is 114 Å². The van der Waals surface area contributed by atoms with Crippen molar-refractivity contribution >= 4 is 17.0 Å². The molecule has 6 rings (SSSR count). The van der Waals surface area contributed by atoms with Crippen LogP contribution < -0.4 is 4.74 Å². The van der Waals surface area contributed by atoms with Gasteiger partial charge in [0.05, 0.1) is 59.1 Å². The molecule has 3 aromatic carbocycles. The number of esters is 1. The molecule has 0 unspecified atom stereocenters. The Bertz CT molecular complexity index is 2000. The van der Waals surface area contributed by atoms with Crippen LogP contribution in [-0.4, -0.2) is 27.6 Å². The third-order valence-electron chi connectivity index (χ3n) is 7.83. The van der Waals surface area contributed by atoms with Crippen molar-refractivity contribution in [3.63, 3.8) is 0 Å². The summed E-state index contributed by atoms with van der Waals surface area (Å²) in [5, 5.41) is 18.5. The largest absolute Gasteiger partial charge is 0.473 e. The highest BCUT2D eigenvalue weighted by atomic mass is 19.1. The highest BCUT2D eigenvalue weighted by Crippen LogP contribution is 2.49. The van der Waals surface area contributed by atoms with Gasteiger partial charge in [-0.2, -0.15) is 10.5 Å². The summed E-state index contributed by atoms with van der Waals surface area (Å²) in [6.45, 7) is -0.0866. The van der Waals surface area contributed by atoms with Crippen LogP contribution >= 0.6 is 0 Å². The van der Waals surface area contributed by atoms with E-state index in [2.05, 4.69) is 11.1 Å². The predicted octanol–water partition coefficient (Wildman–Crippen LogP) is 6.61. The highest BCUT2D eigenvalue weighted by molar-refractivity contribution is 5.94. The van der Waals surface area contributed by atoms with E-state index in [-0.39, 0.29) is 36.5 Å². The van der Waals surface area contributed by atoms with Crippen LogP contribution in [0.4, 0.5) is 8.78 Å². The molecule has 0 radical (unpaired) electrons. The molecule has 1 aliphatic rings. The van der Waals surface area contributed by atoms with Crippen LogP contribution in [0.2, 0.25) is 0 Å². The molecular weight excluding hydrogens is 564 g/mol. The molecular formula is C34H25F2N5O3. The summed E-state index contributed by atoms with van der Waals surface area (Å²) in [5.74, 6) is -0.629. The maximum Gasteiger partial charge on any atom is 0.337 e. The molecule has 1 aliphatic carbocycles. The minimum atomic E-state index is -0.546. The second-order valence-corrected chi connectivity index (χ2v) is 10.7. The molecule has 0 saturated heterocycles. The Labute approximate surface area is 251 Å². The third kappa shape index (κ3) is 5.46. The van der Waals surface area contributed by atoms with Crippen LogP contribution in [0.5, 0.6) is 5.88 Å². The summed E-state index contributed by atoms with van der Waals surface area (Å²) in [6, 6.07) is 23.3. The number of ether oxygens (including phenoxy) is 2. The minimum Gasteiger partial charge on any atom is -0.473 e. The number of halogens is 2. The lowest BCUT2D eigenvalue weighted by Crippen LogP contribution is -2.20. The minimum absolute atomic E-state index is 0.0866. The molecule has 2 aromatic heterocycles. The van der Waals surface area contributed by atoms with Gasteiger partial charge in [0.1, 0.15) is 24.1 Å². The number of pyridine rings is 1. The first-order valence-electron chi connectivity index (χ1n) is 13.9. The molecule has 10 heteroatoms. The SMILES string of the molecule is COC(=O)c1ccc2nc(Cc3ccc(-c4cccc(OCc5ccc(C#N)cc5F)n4)cc3F)n(C3(CC#N)CC3)c2c1. The number of hydrogen-bond donors (Lipinski definition) is 0. The van der Waals surface area contributed by atoms with Crippen molar-refractivity contribution in [2.75, 3.05) is 7.11 Å². The van der Waals surface area contributed by atoms with Crippen LogP contribution in [0.3, 0.4) is 0 Å². The van der Waals surface area contributed by atoms with E-state index in [0.29, 0.717) is 39.2 Å². The molecule has 0 atom stereocenters. The van der Waals surface area contributed by atoms with Gasteiger partial charge in [0.15, 0.2) is 0 Å². The molecule has 2 heterocycles. The highest BCUT2D eigenvalue weighted by Gasteiger charge is 2.46. The van der Waals surface area contributed by atoms with Crippen molar-refractivity contribution in [2.45, 2.75) is 37.8 Å². The Morgan fingerprint density at radius 3 is 2.48 bits per heavy atom. The first kappa shape index (κ1) is 28.5. The standard InChI is InChI=1S/C34H25F2N5O3/c1-43-33(42)24-9-10-29-30(17-24)41(34(11-12-34)13-14-37)31(39-29)18-22-7-8-23(16-27(22)36)28-3-2-4-32(40-28)44-20-25-6-5-21(19-38)15-26(25)35/h2-10,15-17H,11-13,18,20H2,1H3. The Morgan fingerprint density at radius 2 is 1.77 bits per heavy atom. The lowest BCUT2D eigenvalue weighted by Gasteiger charge is -2.19. The van der Waals surface area contributed by atoms with E-state index in [4.69, 9.17) is 19.7 Å². The molecule has 0 aliphatic heterocycles. The average molecular weight is 590 g/mol. The zero-order valence-corrected chi connectivity index (χ0v) is 23.7. The fraction of sp³-hybridized carbons (Fsp3) is 0.206. The molecule has 1 fully saturated rings. The van der Waals surface area contributed by atoms with E-state index in [1.165, 1.54) is 25.3 Å². The number of imidazole rings is 1. The van der Waals surface area contributed by atoms with Crippen molar-refractivity contribution in [2.24, 2.45) is 0 Å². The molecule has 218 valence electrons. The van der Waals surface area contributed by atoms with E-state index in [9.17, 15) is 14.4 Å². The summed E-state index contributed by atoms with van der Waals surface area (Å²) in [7, 11) is 1.32. The van der Waals surface area contributed by atoms with Crippen LogP contribution in [0.1, 0.15) is 52.1 Å². The summed E-state index contributed by atoms with van der Waals surface area (Å²) >= 11 is 0. The molecule has 0 N–H and O–H groups in total. The average Bonchev–Trinajstić information content (AvgIpc) is 3.72. The van der Waals surface area contributed by atoms with Gasteiger partial charge in [0.25, 0.3) is 0 Å². The van der Waals surface area contributed by atoms with Crippen molar-refractivity contribution in [1.82, 2.24) is 14.5 Å². The molecule has 8 nitrogen and oxygen atoms in total. The Balaban J connectivity index is 1.26. The summed E-state index contributed by atoms with van der Waals surface area (Å²) in [4.78, 5) is 21.5. The van der Waals surface area contributed by atoms with Crippen LogP contribution in [0, 0.1) is 34.3 Å². The molecule has 0 amide bonds. The van der Waals surface area contributed by atoms with Gasteiger partial charge in [-0.05, 0) is 60.9 Å². The Morgan fingerprint density at radius 1 is 0.977 bits per heavy atom. The Kier molecular flexibility index (Phi) is 7.50. The fourth-order valence-corrected chi connectivity index (χ4v) is 5.35. The van der Waals surface area contributed by atoms with Crippen LogP contribution in [-0.2, 0) is 23.3 Å². The number of carbonyl (C=O) groups is 1. The van der Waals surface area contributed by atoms with Crippen LogP contribution in [0.25, 0.3) is 22.3 Å². The van der Waals surface area contributed by atoms with Crippen molar-refractivity contribution in [3.05, 3.63) is 113 Å². The molecule has 5 aromatic rings. The predicted molar refractivity (Wildman–Crippen MR) is 156 cm³/mol. The van der Waals surface area contributed by atoms with Gasteiger partial charge < -0.3 is 14.0 Å². The van der Waals surface area contributed by atoms with Crippen LogP contribution in [0.15, 0.2) is 72.8 Å². The number of aromatic nitrogens is 3. The van der Waals surface area contributed by atoms with E-state index in [1.54, 1.807) is 48.5 Å². The third-order valence-corrected chi connectivity index (χ3v) is 7.83. The summed E-state index contributed by atoms with van der Waals surface area (Å²) < 4.78 is 42.4. The van der Waals surface area contributed by atoms with Gasteiger partial charge in [-0.25, -0.2) is 23.5 Å². The van der Waals surface area contributed by atoms with Crippen molar-refractivity contribution < 1.29 is 23.0 Å². The van der Waals surface area contributed by atoms with E-state index in [0.717, 1.165) is 18.9 Å². The smallest absolute Gasteiger partial charge is 0.337 e. The number of carbonyl (C=O) groups excluding carboxylic acids is 1. The number of nitriles is 2. The lowest BCUT2D eigenvalue weighted by molar-refractivity contribution is 0.0601. The van der Waals surface area contributed by atoms with E-state index >= 15 is 4.39 Å². The summed E-state index contributed by atoms with van der Waals surface area (Å²) in [6.07, 6.45) is 2.01. The molecule has 0 bridgehead atoms. The normalized spacial score (nSPS) is 13.2. The van der Waals surface area contributed by atoms with Gasteiger partial charge in [-0.1, -0.05) is 24.3 Å². The van der Waals surface area contributed by atoms with Gasteiger partial charge in [-0.15, -0.1) is 0 Å².